The van der Waals surface area contributed by atoms with Crippen molar-refractivity contribution in [2.75, 3.05) is 5.32 Å². The molecule has 0 aromatic heterocycles. The summed E-state index contributed by atoms with van der Waals surface area (Å²) in [5, 5.41) is 3.05. The highest BCUT2D eigenvalue weighted by Crippen LogP contribution is 2.26. The van der Waals surface area contributed by atoms with E-state index in [1.165, 1.54) is 12.1 Å². The van der Waals surface area contributed by atoms with Crippen molar-refractivity contribution >= 4 is 5.69 Å². The van der Waals surface area contributed by atoms with Crippen LogP contribution in [0.1, 0.15) is 35.2 Å². The van der Waals surface area contributed by atoms with E-state index >= 15 is 0 Å². The summed E-state index contributed by atoms with van der Waals surface area (Å²) >= 11 is 0. The van der Waals surface area contributed by atoms with Crippen LogP contribution < -0.4 is 5.32 Å². The second-order valence-electron chi connectivity index (χ2n) is 5.31. The first-order valence-electron chi connectivity index (χ1n) is 6.68. The molecule has 2 rings (SSSR count). The van der Waals surface area contributed by atoms with E-state index in [1.54, 1.807) is 6.92 Å². The molecular formula is C17H19F2N. The van der Waals surface area contributed by atoms with Gasteiger partial charge >= 0.3 is 0 Å². The Morgan fingerprint density at radius 3 is 2.30 bits per heavy atom. The molecule has 0 saturated carbocycles. The average Bonchev–Trinajstić information content (AvgIpc) is 2.38. The van der Waals surface area contributed by atoms with E-state index in [0.717, 1.165) is 16.7 Å². The van der Waals surface area contributed by atoms with Crippen molar-refractivity contribution in [3.63, 3.8) is 0 Å². The Hall–Kier alpha value is -1.90. The van der Waals surface area contributed by atoms with E-state index in [2.05, 4.69) is 11.4 Å². The number of nitrogens with one attached hydrogen (secondary N) is 1. The van der Waals surface area contributed by atoms with Gasteiger partial charge < -0.3 is 5.32 Å². The summed E-state index contributed by atoms with van der Waals surface area (Å²) in [6.07, 6.45) is 0. The summed E-state index contributed by atoms with van der Waals surface area (Å²) in [7, 11) is 0. The minimum absolute atomic E-state index is 0.0912. The molecule has 106 valence electrons. The van der Waals surface area contributed by atoms with Crippen molar-refractivity contribution in [2.24, 2.45) is 0 Å². The van der Waals surface area contributed by atoms with Crippen LogP contribution in [-0.4, -0.2) is 0 Å². The Bertz CT molecular complexity index is 635. The zero-order chi connectivity index (χ0) is 14.9. The van der Waals surface area contributed by atoms with Crippen molar-refractivity contribution in [2.45, 2.75) is 33.7 Å². The van der Waals surface area contributed by atoms with Gasteiger partial charge in [0.1, 0.15) is 11.6 Å². The molecule has 0 amide bonds. The highest BCUT2D eigenvalue weighted by molar-refractivity contribution is 5.49. The first kappa shape index (κ1) is 14.5. The molecule has 20 heavy (non-hydrogen) atoms. The lowest BCUT2D eigenvalue weighted by molar-refractivity contribution is 0.593. The van der Waals surface area contributed by atoms with Crippen molar-refractivity contribution in [3.05, 3.63) is 64.2 Å². The molecule has 0 aliphatic rings. The number of hydrogen-bond donors (Lipinski definition) is 1. The van der Waals surface area contributed by atoms with Crippen LogP contribution in [0.15, 0.2) is 30.3 Å². The Morgan fingerprint density at radius 1 is 0.900 bits per heavy atom. The smallest absolute Gasteiger partial charge is 0.146 e. The molecule has 0 aliphatic carbocycles. The molecule has 0 aliphatic heterocycles. The number of rotatable bonds is 3. The van der Waals surface area contributed by atoms with E-state index in [1.807, 2.05) is 32.9 Å². The fraction of sp³-hybridized carbons (Fsp3) is 0.294. The summed E-state index contributed by atoms with van der Waals surface area (Å²) in [6, 6.07) is 8.48. The topological polar surface area (TPSA) is 12.0 Å². The lowest BCUT2D eigenvalue weighted by atomic mass is 9.99. The zero-order valence-electron chi connectivity index (χ0n) is 12.2. The van der Waals surface area contributed by atoms with Crippen LogP contribution in [0, 0.1) is 32.4 Å². The third-order valence-electron chi connectivity index (χ3n) is 3.52. The van der Waals surface area contributed by atoms with Gasteiger partial charge in [0, 0.05) is 12.1 Å². The Kier molecular flexibility index (Phi) is 4.07. The quantitative estimate of drug-likeness (QED) is 0.825. The summed E-state index contributed by atoms with van der Waals surface area (Å²) in [5.41, 5.74) is 3.87. The lowest BCUT2D eigenvalue weighted by Gasteiger charge is -2.19. The van der Waals surface area contributed by atoms with Gasteiger partial charge in [0.05, 0.1) is 5.69 Å². The van der Waals surface area contributed by atoms with E-state index in [0.29, 0.717) is 5.56 Å². The van der Waals surface area contributed by atoms with Gasteiger partial charge in [-0.1, -0.05) is 23.8 Å². The standard InChI is InChI=1S/C17H19F2N/c1-10-5-6-11(2)14(7-10)13(4)20-17-9-15(18)12(3)8-16(17)19/h5-9,13,20H,1-4H3. The molecule has 0 saturated heterocycles. The first-order valence-corrected chi connectivity index (χ1v) is 6.68. The van der Waals surface area contributed by atoms with Gasteiger partial charge in [0.2, 0.25) is 0 Å². The second-order valence-corrected chi connectivity index (χ2v) is 5.31. The molecule has 0 bridgehead atoms. The predicted molar refractivity (Wildman–Crippen MR) is 79.0 cm³/mol. The molecular weight excluding hydrogens is 256 g/mol. The predicted octanol–water partition coefficient (Wildman–Crippen LogP) is 5.06. The molecule has 0 spiro atoms. The number of halogens is 2. The highest BCUT2D eigenvalue weighted by Gasteiger charge is 2.13. The fourth-order valence-electron chi connectivity index (χ4n) is 2.29. The molecule has 0 radical (unpaired) electrons. The van der Waals surface area contributed by atoms with Crippen LogP contribution in [0.25, 0.3) is 0 Å². The summed E-state index contributed by atoms with van der Waals surface area (Å²) in [6.45, 7) is 7.52. The lowest BCUT2D eigenvalue weighted by Crippen LogP contribution is -2.10. The van der Waals surface area contributed by atoms with Gasteiger partial charge in [0.25, 0.3) is 0 Å². The summed E-state index contributed by atoms with van der Waals surface area (Å²) in [4.78, 5) is 0. The van der Waals surface area contributed by atoms with Crippen LogP contribution in [0.4, 0.5) is 14.5 Å². The van der Waals surface area contributed by atoms with Crippen LogP contribution in [0.3, 0.4) is 0 Å². The maximum absolute atomic E-state index is 13.9. The fourth-order valence-corrected chi connectivity index (χ4v) is 2.29. The molecule has 1 atom stereocenters. The van der Waals surface area contributed by atoms with Gasteiger partial charge in [-0.3, -0.25) is 0 Å². The minimum atomic E-state index is -0.430. The van der Waals surface area contributed by atoms with Gasteiger partial charge in [-0.2, -0.15) is 0 Å². The maximum Gasteiger partial charge on any atom is 0.146 e. The third-order valence-corrected chi connectivity index (χ3v) is 3.52. The van der Waals surface area contributed by atoms with Gasteiger partial charge in [0.15, 0.2) is 0 Å². The summed E-state index contributed by atoms with van der Waals surface area (Å²) < 4.78 is 27.4. The SMILES string of the molecule is Cc1ccc(C)c(C(C)Nc2cc(F)c(C)cc2F)c1. The zero-order valence-corrected chi connectivity index (χ0v) is 12.2. The van der Waals surface area contributed by atoms with E-state index in [9.17, 15) is 8.78 Å². The molecule has 0 fully saturated rings. The van der Waals surface area contributed by atoms with Crippen LogP contribution in [0.5, 0.6) is 0 Å². The largest absolute Gasteiger partial charge is 0.376 e. The average molecular weight is 275 g/mol. The van der Waals surface area contributed by atoms with Crippen molar-refractivity contribution in [3.8, 4) is 0 Å². The van der Waals surface area contributed by atoms with Crippen molar-refractivity contribution in [1.82, 2.24) is 0 Å². The molecule has 1 unspecified atom stereocenters. The Morgan fingerprint density at radius 2 is 1.60 bits per heavy atom. The van der Waals surface area contributed by atoms with Crippen molar-refractivity contribution < 1.29 is 8.78 Å². The highest BCUT2D eigenvalue weighted by atomic mass is 19.1. The molecule has 3 heteroatoms. The molecule has 1 nitrogen and oxygen atoms in total. The molecule has 1 N–H and O–H groups in total. The normalized spacial score (nSPS) is 12.3. The Labute approximate surface area is 118 Å². The number of anilines is 1. The van der Waals surface area contributed by atoms with Crippen molar-refractivity contribution in [1.29, 1.82) is 0 Å². The van der Waals surface area contributed by atoms with E-state index in [4.69, 9.17) is 0 Å². The van der Waals surface area contributed by atoms with Crippen LogP contribution in [-0.2, 0) is 0 Å². The second kappa shape index (κ2) is 5.61. The van der Waals surface area contributed by atoms with Crippen LogP contribution in [0.2, 0.25) is 0 Å². The number of hydrogen-bond acceptors (Lipinski definition) is 1. The number of aryl methyl sites for hydroxylation is 3. The van der Waals surface area contributed by atoms with Gasteiger partial charge in [-0.25, -0.2) is 8.78 Å². The maximum atomic E-state index is 13.9. The third kappa shape index (κ3) is 2.98. The van der Waals surface area contributed by atoms with E-state index < -0.39 is 11.6 Å². The van der Waals surface area contributed by atoms with Crippen LogP contribution >= 0.6 is 0 Å². The molecule has 2 aromatic carbocycles. The van der Waals surface area contributed by atoms with E-state index in [-0.39, 0.29) is 11.7 Å². The van der Waals surface area contributed by atoms with Gasteiger partial charge in [-0.15, -0.1) is 0 Å². The minimum Gasteiger partial charge on any atom is -0.376 e. The Balaban J connectivity index is 2.30. The molecule has 0 heterocycles. The summed E-state index contributed by atoms with van der Waals surface area (Å²) in [5.74, 6) is -0.830. The molecule has 2 aromatic rings. The number of benzene rings is 2. The van der Waals surface area contributed by atoms with Gasteiger partial charge in [-0.05, 0) is 50.5 Å². The monoisotopic (exact) mass is 275 g/mol. The first-order chi connectivity index (χ1) is 9.38.